The summed E-state index contributed by atoms with van der Waals surface area (Å²) < 4.78 is 0. The van der Waals surface area contributed by atoms with E-state index in [0.29, 0.717) is 12.3 Å². The van der Waals surface area contributed by atoms with Gasteiger partial charge in [-0.1, -0.05) is 24.3 Å². The molecule has 1 aliphatic heterocycles. The molecule has 3 heteroatoms. The molecule has 1 aromatic rings. The quantitative estimate of drug-likeness (QED) is 0.806. The highest BCUT2D eigenvalue weighted by Gasteiger charge is 2.24. The summed E-state index contributed by atoms with van der Waals surface area (Å²) >= 11 is 0. The third-order valence-corrected chi connectivity index (χ3v) is 3.56. The van der Waals surface area contributed by atoms with E-state index in [2.05, 4.69) is 11.9 Å². The van der Waals surface area contributed by atoms with Crippen LogP contribution in [-0.2, 0) is 6.54 Å². The van der Waals surface area contributed by atoms with Crippen LogP contribution in [0.15, 0.2) is 24.3 Å². The monoisotopic (exact) mass is 232 g/mol. The summed E-state index contributed by atoms with van der Waals surface area (Å²) in [5.41, 5.74) is 7.45. The van der Waals surface area contributed by atoms with Crippen molar-refractivity contribution in [1.29, 1.82) is 0 Å². The maximum atomic E-state index is 12.3. The lowest BCUT2D eigenvalue weighted by atomic mass is 9.89. The van der Waals surface area contributed by atoms with Crippen LogP contribution in [-0.4, -0.2) is 30.8 Å². The van der Waals surface area contributed by atoms with Crippen LogP contribution >= 0.6 is 0 Å². The van der Waals surface area contributed by atoms with Gasteiger partial charge < -0.3 is 10.6 Å². The highest BCUT2D eigenvalue weighted by Crippen LogP contribution is 2.21. The number of rotatable bonds is 3. The molecule has 3 nitrogen and oxygen atoms in total. The fourth-order valence-electron chi connectivity index (χ4n) is 2.31. The van der Waals surface area contributed by atoms with Crippen molar-refractivity contribution in [2.24, 2.45) is 11.7 Å². The molecule has 0 spiro atoms. The Morgan fingerprint density at radius 3 is 2.41 bits per heavy atom. The Balaban J connectivity index is 2.03. The molecule has 0 atom stereocenters. The summed E-state index contributed by atoms with van der Waals surface area (Å²) in [6, 6.07) is 7.70. The minimum Gasteiger partial charge on any atom is -0.326 e. The molecule has 1 fully saturated rings. The van der Waals surface area contributed by atoms with Gasteiger partial charge in [-0.25, -0.2) is 0 Å². The highest BCUT2D eigenvalue weighted by atomic mass is 16.1. The van der Waals surface area contributed by atoms with Crippen LogP contribution in [0.25, 0.3) is 0 Å². The van der Waals surface area contributed by atoms with Crippen molar-refractivity contribution < 1.29 is 4.79 Å². The van der Waals surface area contributed by atoms with E-state index in [1.54, 1.807) is 0 Å². The molecule has 0 radical (unpaired) electrons. The smallest absolute Gasteiger partial charge is 0.166 e. The second kappa shape index (κ2) is 5.43. The number of carbonyl (C=O) groups excluding carboxylic acids is 1. The van der Waals surface area contributed by atoms with E-state index < -0.39 is 0 Å². The molecule has 0 saturated carbocycles. The summed E-state index contributed by atoms with van der Waals surface area (Å²) in [4.78, 5) is 14.5. The van der Waals surface area contributed by atoms with Gasteiger partial charge in [-0.2, -0.15) is 0 Å². The van der Waals surface area contributed by atoms with Gasteiger partial charge in [0, 0.05) is 18.0 Å². The molecule has 2 N–H and O–H groups in total. The molecule has 2 rings (SSSR count). The molecule has 1 heterocycles. The van der Waals surface area contributed by atoms with Crippen molar-refractivity contribution >= 4 is 5.78 Å². The van der Waals surface area contributed by atoms with Crippen LogP contribution in [0.2, 0.25) is 0 Å². The number of likely N-dealkylation sites (tertiary alicyclic amines) is 1. The number of ketones is 1. The predicted octanol–water partition coefficient (Wildman–Crippen LogP) is 1.67. The van der Waals surface area contributed by atoms with E-state index in [0.717, 1.165) is 37.1 Å². The van der Waals surface area contributed by atoms with Gasteiger partial charge in [0.15, 0.2) is 5.78 Å². The molecular formula is C14H20N2O. The normalized spacial score (nSPS) is 18.2. The number of benzene rings is 1. The SMILES string of the molecule is CN1CCC(C(=O)c2ccc(CN)cc2)CC1. The van der Waals surface area contributed by atoms with Gasteiger partial charge in [-0.15, -0.1) is 0 Å². The molecule has 0 aromatic heterocycles. The summed E-state index contributed by atoms with van der Waals surface area (Å²) in [5, 5.41) is 0. The first-order valence-electron chi connectivity index (χ1n) is 6.22. The molecule has 0 aliphatic carbocycles. The summed E-state index contributed by atoms with van der Waals surface area (Å²) in [6.07, 6.45) is 1.96. The van der Waals surface area contributed by atoms with Gasteiger partial charge in [0.25, 0.3) is 0 Å². The zero-order valence-corrected chi connectivity index (χ0v) is 10.4. The molecule has 0 amide bonds. The van der Waals surface area contributed by atoms with Crippen LogP contribution in [0.5, 0.6) is 0 Å². The van der Waals surface area contributed by atoms with Gasteiger partial charge >= 0.3 is 0 Å². The van der Waals surface area contributed by atoms with Crippen LogP contribution in [0.1, 0.15) is 28.8 Å². The van der Waals surface area contributed by atoms with Crippen molar-refractivity contribution in [3.05, 3.63) is 35.4 Å². The lowest BCUT2D eigenvalue weighted by molar-refractivity contribution is 0.0857. The number of nitrogens with zero attached hydrogens (tertiary/aromatic N) is 1. The number of hydrogen-bond donors (Lipinski definition) is 1. The van der Waals surface area contributed by atoms with E-state index >= 15 is 0 Å². The fourth-order valence-corrected chi connectivity index (χ4v) is 2.31. The lowest BCUT2D eigenvalue weighted by Crippen LogP contribution is -2.33. The Labute approximate surface area is 103 Å². The minimum absolute atomic E-state index is 0.204. The third kappa shape index (κ3) is 2.93. The standard InChI is InChI=1S/C14H20N2O/c1-16-8-6-13(7-9-16)14(17)12-4-2-11(10-15)3-5-12/h2-5,13H,6-10,15H2,1H3. The topological polar surface area (TPSA) is 46.3 Å². The molecular weight excluding hydrogens is 212 g/mol. The van der Waals surface area contributed by atoms with Crippen LogP contribution in [0, 0.1) is 5.92 Å². The third-order valence-electron chi connectivity index (χ3n) is 3.56. The maximum absolute atomic E-state index is 12.3. The predicted molar refractivity (Wildman–Crippen MR) is 68.9 cm³/mol. The van der Waals surface area contributed by atoms with Crippen molar-refractivity contribution in [3.8, 4) is 0 Å². The first-order chi connectivity index (χ1) is 8.20. The molecule has 1 saturated heterocycles. The largest absolute Gasteiger partial charge is 0.326 e. The summed E-state index contributed by atoms with van der Waals surface area (Å²) in [5.74, 6) is 0.497. The molecule has 0 bridgehead atoms. The Morgan fingerprint density at radius 2 is 1.88 bits per heavy atom. The molecule has 17 heavy (non-hydrogen) atoms. The van der Waals surface area contributed by atoms with Crippen LogP contribution < -0.4 is 5.73 Å². The van der Waals surface area contributed by atoms with E-state index in [1.165, 1.54) is 0 Å². The molecule has 0 unspecified atom stereocenters. The Hall–Kier alpha value is -1.19. The number of hydrogen-bond acceptors (Lipinski definition) is 3. The van der Waals surface area contributed by atoms with E-state index in [9.17, 15) is 4.79 Å². The molecule has 92 valence electrons. The van der Waals surface area contributed by atoms with Crippen molar-refractivity contribution in [3.63, 3.8) is 0 Å². The average Bonchev–Trinajstić information content (AvgIpc) is 2.39. The Morgan fingerprint density at radius 1 is 1.29 bits per heavy atom. The second-order valence-corrected chi connectivity index (χ2v) is 4.84. The van der Waals surface area contributed by atoms with Gasteiger partial charge in [0.05, 0.1) is 0 Å². The van der Waals surface area contributed by atoms with Crippen molar-refractivity contribution in [2.45, 2.75) is 19.4 Å². The average molecular weight is 232 g/mol. The number of carbonyl (C=O) groups is 1. The highest BCUT2D eigenvalue weighted by molar-refractivity contribution is 5.97. The lowest BCUT2D eigenvalue weighted by Gasteiger charge is -2.28. The molecule has 1 aromatic carbocycles. The molecule has 1 aliphatic rings. The number of piperidine rings is 1. The van der Waals surface area contributed by atoms with E-state index in [-0.39, 0.29) is 5.92 Å². The second-order valence-electron chi connectivity index (χ2n) is 4.84. The van der Waals surface area contributed by atoms with Gasteiger partial charge in [0.2, 0.25) is 0 Å². The fraction of sp³-hybridized carbons (Fsp3) is 0.500. The van der Waals surface area contributed by atoms with Gasteiger partial charge in [-0.05, 0) is 38.5 Å². The van der Waals surface area contributed by atoms with E-state index in [1.807, 2.05) is 24.3 Å². The van der Waals surface area contributed by atoms with Crippen LogP contribution in [0.3, 0.4) is 0 Å². The van der Waals surface area contributed by atoms with Crippen LogP contribution in [0.4, 0.5) is 0 Å². The minimum atomic E-state index is 0.204. The number of Topliss-reactive ketones (excluding diaryl/α,β-unsaturated/α-hetero) is 1. The number of nitrogens with two attached hydrogens (primary N) is 1. The zero-order valence-electron chi connectivity index (χ0n) is 10.4. The Kier molecular flexibility index (Phi) is 3.92. The summed E-state index contributed by atoms with van der Waals surface area (Å²) in [7, 11) is 2.11. The van der Waals surface area contributed by atoms with Gasteiger partial charge in [0.1, 0.15) is 0 Å². The maximum Gasteiger partial charge on any atom is 0.166 e. The van der Waals surface area contributed by atoms with E-state index in [4.69, 9.17) is 5.73 Å². The van der Waals surface area contributed by atoms with Crippen molar-refractivity contribution in [1.82, 2.24) is 4.90 Å². The first-order valence-corrected chi connectivity index (χ1v) is 6.22. The first kappa shape index (κ1) is 12.3. The van der Waals surface area contributed by atoms with Gasteiger partial charge in [-0.3, -0.25) is 4.79 Å². The Bertz CT molecular complexity index is 378. The van der Waals surface area contributed by atoms with Crippen molar-refractivity contribution in [2.75, 3.05) is 20.1 Å². The zero-order chi connectivity index (χ0) is 12.3. The summed E-state index contributed by atoms with van der Waals surface area (Å²) in [6.45, 7) is 2.58.